The van der Waals surface area contributed by atoms with Crippen LogP contribution in [0.4, 0.5) is 0 Å². The van der Waals surface area contributed by atoms with Crippen LogP contribution in [0.15, 0.2) is 11.6 Å². The molecule has 0 aromatic heterocycles. The number of carbonyl (C=O) groups excluding carboxylic acids is 1. The SMILES string of the molecule is COC(=O)/C=C(\C)CO[P+](=O)O. The van der Waals surface area contributed by atoms with Crippen LogP contribution in [0.5, 0.6) is 0 Å². The maximum Gasteiger partial charge on any atom is 0.695 e. The topological polar surface area (TPSA) is 72.8 Å². The summed E-state index contributed by atoms with van der Waals surface area (Å²) in [5.41, 5.74) is 0.527. The standard InChI is InChI=1S/C6H9O5P/c1-5(3-6(7)10-2)4-11-12(8)9/h3H,4H2,1-2H3/p+1/b5-3+. The molecule has 0 aliphatic carbocycles. The van der Waals surface area contributed by atoms with Gasteiger partial charge in [-0.1, -0.05) is 0 Å². The first-order chi connectivity index (χ1) is 5.56. The van der Waals surface area contributed by atoms with Crippen molar-refractivity contribution in [2.24, 2.45) is 0 Å². The average Bonchev–Trinajstić information content (AvgIpc) is 2.00. The Balaban J connectivity index is 3.85. The highest BCUT2D eigenvalue weighted by Crippen LogP contribution is 2.15. The van der Waals surface area contributed by atoms with Gasteiger partial charge in [-0.05, 0) is 12.5 Å². The van der Waals surface area contributed by atoms with E-state index in [-0.39, 0.29) is 6.61 Å². The Morgan fingerprint density at radius 2 is 2.25 bits per heavy atom. The lowest BCUT2D eigenvalue weighted by molar-refractivity contribution is -0.134. The molecule has 1 atom stereocenters. The molecule has 0 radical (unpaired) electrons. The van der Waals surface area contributed by atoms with Gasteiger partial charge in [0, 0.05) is 10.6 Å². The summed E-state index contributed by atoms with van der Waals surface area (Å²) in [6.07, 6.45) is 1.19. The van der Waals surface area contributed by atoms with Crippen LogP contribution in [-0.4, -0.2) is 24.6 Å². The van der Waals surface area contributed by atoms with Crippen LogP contribution in [0.25, 0.3) is 0 Å². The molecule has 1 unspecified atom stereocenters. The summed E-state index contributed by atoms with van der Waals surface area (Å²) in [6, 6.07) is 0. The molecule has 0 rings (SSSR count). The second-order valence-electron chi connectivity index (χ2n) is 2.03. The van der Waals surface area contributed by atoms with Crippen LogP contribution in [-0.2, 0) is 18.6 Å². The Morgan fingerprint density at radius 3 is 2.67 bits per heavy atom. The summed E-state index contributed by atoms with van der Waals surface area (Å²) in [5, 5.41) is 0. The molecule has 68 valence electrons. The predicted molar refractivity (Wildman–Crippen MR) is 41.6 cm³/mol. The van der Waals surface area contributed by atoms with Crippen molar-refractivity contribution in [3.63, 3.8) is 0 Å². The van der Waals surface area contributed by atoms with Crippen LogP contribution in [0.2, 0.25) is 0 Å². The van der Waals surface area contributed by atoms with Crippen molar-refractivity contribution >= 4 is 14.2 Å². The molecule has 0 spiro atoms. The largest absolute Gasteiger partial charge is 0.695 e. The van der Waals surface area contributed by atoms with Gasteiger partial charge in [0.2, 0.25) is 0 Å². The molecule has 6 heteroatoms. The molecule has 0 fully saturated rings. The molecule has 0 bridgehead atoms. The summed E-state index contributed by atoms with van der Waals surface area (Å²) in [5.74, 6) is -0.510. The number of hydrogen-bond donors (Lipinski definition) is 1. The Bertz CT molecular complexity index is 210. The van der Waals surface area contributed by atoms with Gasteiger partial charge >= 0.3 is 14.2 Å². The van der Waals surface area contributed by atoms with Gasteiger partial charge in [0.1, 0.15) is 6.61 Å². The monoisotopic (exact) mass is 193 g/mol. The third kappa shape index (κ3) is 5.97. The van der Waals surface area contributed by atoms with Crippen molar-refractivity contribution in [2.45, 2.75) is 6.92 Å². The van der Waals surface area contributed by atoms with Gasteiger partial charge in [-0.3, -0.25) is 0 Å². The molecular formula is C6H10O5P+. The quantitative estimate of drug-likeness (QED) is 0.405. The van der Waals surface area contributed by atoms with Crippen LogP contribution in [0.3, 0.4) is 0 Å². The maximum absolute atomic E-state index is 10.6. The van der Waals surface area contributed by atoms with E-state index in [0.717, 1.165) is 0 Å². The van der Waals surface area contributed by atoms with E-state index < -0.39 is 14.2 Å². The zero-order valence-corrected chi connectivity index (χ0v) is 7.71. The minimum Gasteiger partial charge on any atom is -0.466 e. The highest BCUT2D eigenvalue weighted by molar-refractivity contribution is 7.32. The molecule has 0 heterocycles. The van der Waals surface area contributed by atoms with Gasteiger partial charge in [0.05, 0.1) is 7.11 Å². The highest BCUT2D eigenvalue weighted by atomic mass is 31.1. The van der Waals surface area contributed by atoms with Gasteiger partial charge in [0.25, 0.3) is 0 Å². The minimum absolute atomic E-state index is 0.0548. The number of hydrogen-bond acceptors (Lipinski definition) is 4. The molecule has 12 heavy (non-hydrogen) atoms. The summed E-state index contributed by atoms with van der Waals surface area (Å²) < 4.78 is 18.7. The van der Waals surface area contributed by atoms with Crippen LogP contribution in [0.1, 0.15) is 6.92 Å². The molecule has 5 nitrogen and oxygen atoms in total. The van der Waals surface area contributed by atoms with Gasteiger partial charge in [-0.25, -0.2) is 4.79 Å². The molecule has 0 saturated carbocycles. The first-order valence-electron chi connectivity index (χ1n) is 3.10. The molecule has 0 aliphatic rings. The van der Waals surface area contributed by atoms with Crippen molar-refractivity contribution in [1.82, 2.24) is 0 Å². The lowest BCUT2D eigenvalue weighted by Gasteiger charge is -1.93. The zero-order chi connectivity index (χ0) is 9.56. The number of rotatable bonds is 4. The Hall–Kier alpha value is -0.770. The third-order valence-corrected chi connectivity index (χ3v) is 1.32. The fourth-order valence-electron chi connectivity index (χ4n) is 0.459. The predicted octanol–water partition coefficient (Wildman–Crippen LogP) is 0.772. The van der Waals surface area contributed by atoms with Crippen molar-refractivity contribution in [1.29, 1.82) is 0 Å². The maximum atomic E-state index is 10.6. The molecule has 0 amide bonds. The second kappa shape index (κ2) is 5.83. The molecule has 0 saturated heterocycles. The van der Waals surface area contributed by atoms with Gasteiger partial charge in [-0.2, -0.15) is 0 Å². The summed E-state index contributed by atoms with van der Waals surface area (Å²) >= 11 is 0. The molecule has 0 aliphatic heterocycles. The average molecular weight is 193 g/mol. The Morgan fingerprint density at radius 1 is 1.67 bits per heavy atom. The first-order valence-corrected chi connectivity index (χ1v) is 4.23. The van der Waals surface area contributed by atoms with Crippen LogP contribution in [0, 0.1) is 0 Å². The first kappa shape index (κ1) is 11.2. The molecule has 0 aromatic rings. The van der Waals surface area contributed by atoms with Crippen molar-refractivity contribution < 1.29 is 23.5 Å². The third-order valence-electron chi connectivity index (χ3n) is 0.968. The van der Waals surface area contributed by atoms with E-state index in [9.17, 15) is 9.36 Å². The summed E-state index contributed by atoms with van der Waals surface area (Å²) in [7, 11) is -1.36. The summed E-state index contributed by atoms with van der Waals surface area (Å²) in [4.78, 5) is 18.8. The smallest absolute Gasteiger partial charge is 0.466 e. The van der Waals surface area contributed by atoms with E-state index in [1.165, 1.54) is 13.2 Å². The van der Waals surface area contributed by atoms with E-state index in [2.05, 4.69) is 9.26 Å². The number of esters is 1. The van der Waals surface area contributed by atoms with Crippen molar-refractivity contribution in [2.75, 3.05) is 13.7 Å². The number of methoxy groups -OCH3 is 1. The van der Waals surface area contributed by atoms with E-state index in [1.54, 1.807) is 6.92 Å². The Kier molecular flexibility index (Phi) is 5.45. The number of ether oxygens (including phenoxy) is 1. The van der Waals surface area contributed by atoms with Crippen LogP contribution < -0.4 is 0 Å². The fourth-order valence-corrected chi connectivity index (χ4v) is 0.773. The van der Waals surface area contributed by atoms with Gasteiger partial charge in [-0.15, -0.1) is 9.42 Å². The number of carbonyl (C=O) groups is 1. The van der Waals surface area contributed by atoms with E-state index in [0.29, 0.717) is 5.57 Å². The lowest BCUT2D eigenvalue weighted by atomic mass is 10.3. The normalized spacial score (nSPS) is 12.6. The van der Waals surface area contributed by atoms with Gasteiger partial charge in [0.15, 0.2) is 0 Å². The van der Waals surface area contributed by atoms with Crippen molar-refractivity contribution in [3.8, 4) is 0 Å². The fraction of sp³-hybridized carbons (Fsp3) is 0.500. The minimum atomic E-state index is -2.61. The van der Waals surface area contributed by atoms with Crippen molar-refractivity contribution in [3.05, 3.63) is 11.6 Å². The van der Waals surface area contributed by atoms with Crippen LogP contribution >= 0.6 is 8.25 Å². The molecule has 1 N–H and O–H groups in total. The van der Waals surface area contributed by atoms with E-state index >= 15 is 0 Å². The second-order valence-corrected chi connectivity index (χ2v) is 2.76. The summed E-state index contributed by atoms with van der Waals surface area (Å²) in [6.45, 7) is 1.54. The van der Waals surface area contributed by atoms with Gasteiger partial charge < -0.3 is 4.74 Å². The van der Waals surface area contributed by atoms with E-state index in [4.69, 9.17) is 4.89 Å². The van der Waals surface area contributed by atoms with E-state index in [1.807, 2.05) is 0 Å². The highest BCUT2D eigenvalue weighted by Gasteiger charge is 2.11. The molecule has 0 aromatic carbocycles. The Labute approximate surface area is 70.9 Å². The lowest BCUT2D eigenvalue weighted by Crippen LogP contribution is -1.98. The molecular weight excluding hydrogens is 183 g/mol. The zero-order valence-electron chi connectivity index (χ0n) is 6.81.